The van der Waals surface area contributed by atoms with Crippen LogP contribution in [0.4, 0.5) is 4.79 Å². The van der Waals surface area contributed by atoms with Crippen LogP contribution in [0.2, 0.25) is 0 Å². The Morgan fingerprint density at radius 1 is 1.16 bits per heavy atom. The zero-order valence-electron chi connectivity index (χ0n) is 12.0. The van der Waals surface area contributed by atoms with Crippen molar-refractivity contribution < 1.29 is 14.7 Å². The Bertz CT molecular complexity index is 372. The Hall–Kier alpha value is -1.26. The summed E-state index contributed by atoms with van der Waals surface area (Å²) in [6.07, 6.45) is 2.08. The van der Waals surface area contributed by atoms with Crippen LogP contribution in [0.3, 0.4) is 0 Å². The molecule has 2 heterocycles. The molecule has 2 saturated heterocycles. The van der Waals surface area contributed by atoms with Crippen molar-refractivity contribution in [3.63, 3.8) is 0 Å². The van der Waals surface area contributed by atoms with Gasteiger partial charge in [0, 0.05) is 25.7 Å². The zero-order chi connectivity index (χ0) is 14.2. The number of piperidine rings is 1. The second kappa shape index (κ2) is 5.39. The predicted octanol–water partition coefficient (Wildman–Crippen LogP) is 1.88. The van der Waals surface area contributed by atoms with E-state index in [1.54, 1.807) is 4.90 Å². The minimum Gasteiger partial charge on any atom is -0.481 e. The summed E-state index contributed by atoms with van der Waals surface area (Å²) in [7, 11) is 0. The molecule has 19 heavy (non-hydrogen) atoms. The summed E-state index contributed by atoms with van der Waals surface area (Å²) in [6, 6.07) is 0.283. The average molecular weight is 268 g/mol. The number of carboxylic acids is 1. The van der Waals surface area contributed by atoms with Crippen LogP contribution in [-0.2, 0) is 4.79 Å². The molecule has 0 aromatic heterocycles. The second-order valence-corrected chi connectivity index (χ2v) is 6.28. The van der Waals surface area contributed by atoms with Gasteiger partial charge in [-0.1, -0.05) is 13.8 Å². The van der Waals surface area contributed by atoms with E-state index in [0.29, 0.717) is 19.0 Å². The number of rotatable bonds is 1. The smallest absolute Gasteiger partial charge is 0.320 e. The van der Waals surface area contributed by atoms with E-state index >= 15 is 0 Å². The molecule has 5 heteroatoms. The molecule has 1 N–H and O–H groups in total. The maximum absolute atomic E-state index is 12.5. The Balaban J connectivity index is 1.99. The number of carboxylic acid groups (broad SMARTS) is 1. The molecule has 0 aromatic carbocycles. The van der Waals surface area contributed by atoms with Crippen LogP contribution in [-0.4, -0.2) is 52.6 Å². The van der Waals surface area contributed by atoms with Gasteiger partial charge in [0.2, 0.25) is 0 Å². The molecule has 2 unspecified atom stereocenters. The number of aliphatic carboxylic acids is 1. The Labute approximate surface area is 114 Å². The van der Waals surface area contributed by atoms with Crippen LogP contribution in [0.15, 0.2) is 0 Å². The van der Waals surface area contributed by atoms with Gasteiger partial charge in [-0.05, 0) is 31.6 Å². The van der Waals surface area contributed by atoms with E-state index in [9.17, 15) is 9.59 Å². The van der Waals surface area contributed by atoms with Crippen molar-refractivity contribution in [2.75, 3.05) is 19.6 Å². The third-order valence-electron chi connectivity index (χ3n) is 4.58. The molecular formula is C14H24N2O3. The number of carbonyl (C=O) groups is 2. The monoisotopic (exact) mass is 268 g/mol. The van der Waals surface area contributed by atoms with Gasteiger partial charge in [0.05, 0.1) is 5.92 Å². The van der Waals surface area contributed by atoms with Gasteiger partial charge in [-0.15, -0.1) is 0 Å². The van der Waals surface area contributed by atoms with Crippen LogP contribution in [0.25, 0.3) is 0 Å². The fraction of sp³-hybridized carbons (Fsp3) is 0.857. The van der Waals surface area contributed by atoms with Gasteiger partial charge in [-0.3, -0.25) is 4.79 Å². The fourth-order valence-electron chi connectivity index (χ4n) is 3.32. The molecule has 2 aliphatic heterocycles. The number of amides is 2. The maximum Gasteiger partial charge on any atom is 0.320 e. The normalized spacial score (nSPS) is 35.5. The van der Waals surface area contributed by atoms with Crippen LogP contribution in [0.1, 0.15) is 33.6 Å². The van der Waals surface area contributed by atoms with E-state index in [1.165, 1.54) is 0 Å². The summed E-state index contributed by atoms with van der Waals surface area (Å²) in [5.41, 5.74) is 0. The summed E-state index contributed by atoms with van der Waals surface area (Å²) in [4.78, 5) is 27.2. The summed E-state index contributed by atoms with van der Waals surface area (Å²) in [6.45, 7) is 7.93. The first-order valence-corrected chi connectivity index (χ1v) is 7.18. The molecule has 0 bridgehead atoms. The van der Waals surface area contributed by atoms with E-state index in [0.717, 1.165) is 19.4 Å². The number of likely N-dealkylation sites (tertiary alicyclic amines) is 2. The van der Waals surface area contributed by atoms with E-state index in [-0.39, 0.29) is 18.0 Å². The molecule has 4 atom stereocenters. The lowest BCUT2D eigenvalue weighted by Gasteiger charge is -2.38. The van der Waals surface area contributed by atoms with Gasteiger partial charge in [0.15, 0.2) is 0 Å². The second-order valence-electron chi connectivity index (χ2n) is 6.28. The molecule has 2 fully saturated rings. The predicted molar refractivity (Wildman–Crippen MR) is 71.8 cm³/mol. The summed E-state index contributed by atoms with van der Waals surface area (Å²) >= 11 is 0. The highest BCUT2D eigenvalue weighted by atomic mass is 16.4. The molecule has 5 nitrogen and oxygen atoms in total. The van der Waals surface area contributed by atoms with Gasteiger partial charge >= 0.3 is 12.0 Å². The van der Waals surface area contributed by atoms with Crippen molar-refractivity contribution in [3.8, 4) is 0 Å². The van der Waals surface area contributed by atoms with E-state index in [4.69, 9.17) is 5.11 Å². The van der Waals surface area contributed by atoms with Crippen molar-refractivity contribution in [1.82, 2.24) is 9.80 Å². The van der Waals surface area contributed by atoms with Crippen molar-refractivity contribution in [1.29, 1.82) is 0 Å². The highest BCUT2D eigenvalue weighted by Gasteiger charge is 2.39. The molecule has 0 aliphatic carbocycles. The number of nitrogens with zero attached hydrogens (tertiary/aromatic N) is 2. The molecule has 2 aliphatic rings. The van der Waals surface area contributed by atoms with Gasteiger partial charge in [-0.2, -0.15) is 0 Å². The zero-order valence-corrected chi connectivity index (χ0v) is 12.0. The lowest BCUT2D eigenvalue weighted by Crippen LogP contribution is -2.50. The standard InChI is InChI=1S/C14H24N2O3/c1-9-4-5-16(11(3)6-9)14(19)15-7-10(2)12(8-15)13(17)18/h9-12H,4-8H2,1-3H3,(H,17,18)/t9?,10-,11?,12-/m1/s1. The topological polar surface area (TPSA) is 60.9 Å². The maximum atomic E-state index is 12.5. The number of urea groups is 1. The SMILES string of the molecule is CC1CCN(C(=O)N2C[C@@H](C)[C@H](C(=O)O)C2)C(C)C1. The first-order valence-electron chi connectivity index (χ1n) is 7.18. The van der Waals surface area contributed by atoms with Crippen LogP contribution in [0.5, 0.6) is 0 Å². The minimum absolute atomic E-state index is 0.0231. The van der Waals surface area contributed by atoms with Crippen molar-refractivity contribution in [3.05, 3.63) is 0 Å². The van der Waals surface area contributed by atoms with Crippen molar-refractivity contribution in [2.45, 2.75) is 39.7 Å². The van der Waals surface area contributed by atoms with Gasteiger partial charge < -0.3 is 14.9 Å². The Kier molecular flexibility index (Phi) is 4.02. The quantitative estimate of drug-likeness (QED) is 0.790. The van der Waals surface area contributed by atoms with Crippen LogP contribution in [0, 0.1) is 17.8 Å². The molecule has 0 aromatic rings. The molecule has 0 spiro atoms. The van der Waals surface area contributed by atoms with E-state index < -0.39 is 11.9 Å². The van der Waals surface area contributed by atoms with Gasteiger partial charge in [-0.25, -0.2) is 4.79 Å². The lowest BCUT2D eigenvalue weighted by molar-refractivity contribution is -0.142. The van der Waals surface area contributed by atoms with Gasteiger partial charge in [0.25, 0.3) is 0 Å². The van der Waals surface area contributed by atoms with Crippen molar-refractivity contribution in [2.24, 2.45) is 17.8 Å². The third-order valence-corrected chi connectivity index (χ3v) is 4.58. The molecule has 108 valence electrons. The van der Waals surface area contributed by atoms with Crippen LogP contribution >= 0.6 is 0 Å². The first-order chi connectivity index (χ1) is 8.90. The van der Waals surface area contributed by atoms with Crippen molar-refractivity contribution >= 4 is 12.0 Å². The highest BCUT2D eigenvalue weighted by Crippen LogP contribution is 2.27. The highest BCUT2D eigenvalue weighted by molar-refractivity contribution is 5.78. The fourth-order valence-corrected chi connectivity index (χ4v) is 3.32. The summed E-state index contributed by atoms with van der Waals surface area (Å²) in [5.74, 6) is -0.491. The largest absolute Gasteiger partial charge is 0.481 e. The first kappa shape index (κ1) is 14.2. The molecule has 2 rings (SSSR count). The molecule has 0 saturated carbocycles. The summed E-state index contributed by atoms with van der Waals surface area (Å²) < 4.78 is 0. The number of carbonyl (C=O) groups excluding carboxylic acids is 1. The van der Waals surface area contributed by atoms with E-state index in [1.807, 2.05) is 11.8 Å². The average Bonchev–Trinajstić information content (AvgIpc) is 2.70. The number of hydrogen-bond acceptors (Lipinski definition) is 2. The van der Waals surface area contributed by atoms with Crippen LogP contribution < -0.4 is 0 Å². The van der Waals surface area contributed by atoms with E-state index in [2.05, 4.69) is 13.8 Å². The Morgan fingerprint density at radius 3 is 2.37 bits per heavy atom. The third kappa shape index (κ3) is 2.85. The number of hydrogen-bond donors (Lipinski definition) is 1. The Morgan fingerprint density at radius 2 is 1.84 bits per heavy atom. The molecule has 0 radical (unpaired) electrons. The molecule has 2 amide bonds. The summed E-state index contributed by atoms with van der Waals surface area (Å²) in [5, 5.41) is 9.13. The molecular weight excluding hydrogens is 244 g/mol. The lowest BCUT2D eigenvalue weighted by atomic mass is 9.94. The minimum atomic E-state index is -0.789. The van der Waals surface area contributed by atoms with Gasteiger partial charge in [0.1, 0.15) is 0 Å².